The lowest BCUT2D eigenvalue weighted by Gasteiger charge is -2.36. The Morgan fingerprint density at radius 2 is 2.04 bits per heavy atom. The molecule has 1 saturated carbocycles. The van der Waals surface area contributed by atoms with Gasteiger partial charge in [0.1, 0.15) is 5.54 Å². The lowest BCUT2D eigenvalue weighted by Crippen LogP contribution is -2.54. The quantitative estimate of drug-likeness (QED) is 0.430. The molecule has 148 valence electrons. The largest absolute Gasteiger partial charge is 0.463 e. The Labute approximate surface area is 162 Å². The third kappa shape index (κ3) is 3.69. The van der Waals surface area contributed by atoms with Gasteiger partial charge in [0.25, 0.3) is 5.91 Å². The van der Waals surface area contributed by atoms with Gasteiger partial charge >= 0.3 is 12.0 Å². The predicted molar refractivity (Wildman–Crippen MR) is 99.5 cm³/mol. The lowest BCUT2D eigenvalue weighted by molar-refractivity contribution is -0.137. The number of amides is 4. The fourth-order valence-corrected chi connectivity index (χ4v) is 4.91. The van der Waals surface area contributed by atoms with Gasteiger partial charge < -0.3 is 15.0 Å². The van der Waals surface area contributed by atoms with Crippen LogP contribution in [-0.2, 0) is 19.1 Å². The number of ether oxygens (including phenoxy) is 1. The highest BCUT2D eigenvalue weighted by molar-refractivity contribution is 8.04. The number of esters is 1. The van der Waals surface area contributed by atoms with Gasteiger partial charge in [-0.05, 0) is 25.7 Å². The number of imide groups is 1. The molecule has 0 aromatic rings. The van der Waals surface area contributed by atoms with E-state index in [2.05, 4.69) is 5.32 Å². The van der Waals surface area contributed by atoms with Gasteiger partial charge in [-0.2, -0.15) is 0 Å². The molecule has 27 heavy (non-hydrogen) atoms. The molecule has 2 atom stereocenters. The van der Waals surface area contributed by atoms with E-state index in [1.165, 1.54) is 27.6 Å². The van der Waals surface area contributed by atoms with Crippen molar-refractivity contribution in [2.24, 2.45) is 5.92 Å². The maximum atomic E-state index is 13.0. The minimum Gasteiger partial charge on any atom is -0.463 e. The third-order valence-electron chi connectivity index (χ3n) is 5.49. The minimum atomic E-state index is -0.803. The average molecular weight is 395 g/mol. The summed E-state index contributed by atoms with van der Waals surface area (Å²) in [4.78, 5) is 51.9. The summed E-state index contributed by atoms with van der Waals surface area (Å²) in [5.41, 5.74) is -0.803. The van der Waals surface area contributed by atoms with Crippen molar-refractivity contribution in [3.63, 3.8) is 0 Å². The number of carbonyl (C=O) groups excluding carboxylic acids is 4. The van der Waals surface area contributed by atoms with Crippen LogP contribution in [0.15, 0.2) is 11.1 Å². The minimum absolute atomic E-state index is 0.0935. The average Bonchev–Trinajstić information content (AvgIpc) is 3.08. The summed E-state index contributed by atoms with van der Waals surface area (Å²) in [6.07, 6.45) is 4.83. The Hall–Kier alpha value is -2.03. The van der Waals surface area contributed by atoms with Gasteiger partial charge in [0.05, 0.1) is 23.5 Å². The van der Waals surface area contributed by atoms with Crippen molar-refractivity contribution in [3.05, 3.63) is 11.1 Å². The van der Waals surface area contributed by atoms with E-state index >= 15 is 0 Å². The fourth-order valence-electron chi connectivity index (χ4n) is 3.95. The number of thioether (sulfide) groups is 1. The number of nitrogens with one attached hydrogen (secondary N) is 1. The van der Waals surface area contributed by atoms with Crippen molar-refractivity contribution >= 4 is 35.6 Å². The molecular formula is C18H25N3O5S. The number of nitrogens with zero attached hydrogens (tertiary/aromatic N) is 2. The van der Waals surface area contributed by atoms with Crippen LogP contribution in [0.25, 0.3) is 0 Å². The number of urea groups is 1. The monoisotopic (exact) mass is 395 g/mol. The molecule has 4 amide bonds. The van der Waals surface area contributed by atoms with E-state index in [9.17, 15) is 19.2 Å². The molecule has 3 fully saturated rings. The van der Waals surface area contributed by atoms with E-state index in [4.69, 9.17) is 4.74 Å². The molecule has 8 nitrogen and oxygen atoms in total. The summed E-state index contributed by atoms with van der Waals surface area (Å²) in [5.74, 6) is -0.536. The van der Waals surface area contributed by atoms with E-state index in [-0.39, 0.29) is 43.2 Å². The normalized spacial score (nSPS) is 29.8. The zero-order valence-electron chi connectivity index (χ0n) is 15.7. The van der Waals surface area contributed by atoms with Crippen LogP contribution in [0.1, 0.15) is 39.5 Å². The predicted octanol–water partition coefficient (Wildman–Crippen LogP) is 1.47. The summed E-state index contributed by atoms with van der Waals surface area (Å²) in [5, 5.41) is 3.40. The molecule has 1 spiro atoms. The summed E-state index contributed by atoms with van der Waals surface area (Å²) in [7, 11) is 0. The molecule has 0 unspecified atom stereocenters. The van der Waals surface area contributed by atoms with Gasteiger partial charge in [-0.15, -0.1) is 0 Å². The van der Waals surface area contributed by atoms with Crippen LogP contribution in [0.2, 0.25) is 0 Å². The van der Waals surface area contributed by atoms with E-state index in [0.29, 0.717) is 11.4 Å². The second-order valence-electron chi connectivity index (χ2n) is 7.07. The first-order valence-electron chi connectivity index (χ1n) is 9.34. The zero-order chi connectivity index (χ0) is 19.6. The van der Waals surface area contributed by atoms with Gasteiger partial charge in [0.15, 0.2) is 0 Å². The number of carbonyl (C=O) groups is 4. The van der Waals surface area contributed by atoms with E-state index < -0.39 is 17.5 Å². The van der Waals surface area contributed by atoms with Crippen LogP contribution in [0, 0.1) is 5.92 Å². The van der Waals surface area contributed by atoms with Crippen molar-refractivity contribution in [2.75, 3.05) is 25.4 Å². The third-order valence-corrected chi connectivity index (χ3v) is 6.51. The molecule has 2 aliphatic heterocycles. The van der Waals surface area contributed by atoms with Crippen molar-refractivity contribution in [2.45, 2.75) is 45.1 Å². The topological polar surface area (TPSA) is 96.0 Å². The Bertz CT molecular complexity index is 694. The van der Waals surface area contributed by atoms with Crippen LogP contribution < -0.4 is 5.32 Å². The zero-order valence-corrected chi connectivity index (χ0v) is 16.5. The van der Waals surface area contributed by atoms with Gasteiger partial charge in [-0.25, -0.2) is 9.59 Å². The SMILES string of the molecule is CCOC(=O)/C=C1\SCC(=O)N1CCN1C(=O)N[C@]2(CCCC[C@@H]2C)C1=O. The molecule has 0 aromatic carbocycles. The summed E-state index contributed by atoms with van der Waals surface area (Å²) in [6.45, 7) is 4.23. The molecule has 1 aliphatic carbocycles. The summed E-state index contributed by atoms with van der Waals surface area (Å²) in [6, 6.07) is -0.399. The Morgan fingerprint density at radius 1 is 1.30 bits per heavy atom. The summed E-state index contributed by atoms with van der Waals surface area (Å²) < 4.78 is 4.89. The second kappa shape index (κ2) is 7.92. The number of rotatable bonds is 5. The van der Waals surface area contributed by atoms with Gasteiger partial charge in [-0.3, -0.25) is 14.5 Å². The highest BCUT2D eigenvalue weighted by atomic mass is 32.2. The number of hydrogen-bond donors (Lipinski definition) is 1. The first-order chi connectivity index (χ1) is 12.9. The van der Waals surface area contributed by atoms with Crippen molar-refractivity contribution in [1.82, 2.24) is 15.1 Å². The van der Waals surface area contributed by atoms with Crippen molar-refractivity contribution in [3.8, 4) is 0 Å². The van der Waals surface area contributed by atoms with E-state index in [1.807, 2.05) is 6.92 Å². The molecule has 2 heterocycles. The van der Waals surface area contributed by atoms with Crippen molar-refractivity contribution < 1.29 is 23.9 Å². The molecule has 1 N–H and O–H groups in total. The fraction of sp³-hybridized carbons (Fsp3) is 0.667. The lowest BCUT2D eigenvalue weighted by atomic mass is 9.73. The second-order valence-corrected chi connectivity index (χ2v) is 8.07. The first-order valence-corrected chi connectivity index (χ1v) is 10.3. The standard InChI is InChI=1S/C18H25N3O5S/c1-3-26-15(23)10-14-20(13(22)11-27-14)8-9-21-16(24)18(19-17(21)25)7-5-4-6-12(18)2/h10,12H,3-9,11H2,1-2H3,(H,19,25)/b14-10-/t12-,18-/m0/s1. The molecular weight excluding hydrogens is 370 g/mol. The van der Waals surface area contributed by atoms with Crippen LogP contribution in [-0.4, -0.2) is 64.6 Å². The molecule has 3 rings (SSSR count). The molecule has 9 heteroatoms. The highest BCUT2D eigenvalue weighted by Crippen LogP contribution is 2.38. The smallest absolute Gasteiger partial charge is 0.333 e. The highest BCUT2D eigenvalue weighted by Gasteiger charge is 2.54. The van der Waals surface area contributed by atoms with E-state index in [0.717, 1.165) is 19.3 Å². The molecule has 3 aliphatic rings. The number of hydrogen-bond acceptors (Lipinski definition) is 6. The Balaban J connectivity index is 1.68. The maximum absolute atomic E-state index is 13.0. The van der Waals surface area contributed by atoms with Crippen LogP contribution in [0.4, 0.5) is 4.79 Å². The Morgan fingerprint density at radius 3 is 2.74 bits per heavy atom. The Kier molecular flexibility index (Phi) is 5.78. The van der Waals surface area contributed by atoms with Crippen LogP contribution in [0.3, 0.4) is 0 Å². The van der Waals surface area contributed by atoms with E-state index in [1.54, 1.807) is 6.92 Å². The molecule has 0 radical (unpaired) electrons. The molecule has 0 aromatic heterocycles. The van der Waals surface area contributed by atoms with Gasteiger partial charge in [-0.1, -0.05) is 31.5 Å². The molecule has 0 bridgehead atoms. The summed E-state index contributed by atoms with van der Waals surface area (Å²) >= 11 is 1.25. The van der Waals surface area contributed by atoms with Gasteiger partial charge in [0, 0.05) is 13.1 Å². The van der Waals surface area contributed by atoms with Crippen molar-refractivity contribution in [1.29, 1.82) is 0 Å². The maximum Gasteiger partial charge on any atom is 0.333 e. The van der Waals surface area contributed by atoms with Crippen LogP contribution in [0.5, 0.6) is 0 Å². The molecule has 2 saturated heterocycles. The van der Waals surface area contributed by atoms with Crippen LogP contribution >= 0.6 is 11.8 Å². The van der Waals surface area contributed by atoms with Gasteiger partial charge in [0.2, 0.25) is 5.91 Å². The first kappa shape index (κ1) is 19.7.